The van der Waals surface area contributed by atoms with Crippen LogP contribution in [0.25, 0.3) is 5.57 Å². The molecule has 0 aliphatic heterocycles. The van der Waals surface area contributed by atoms with Gasteiger partial charge in [0.1, 0.15) is 5.75 Å². The Labute approximate surface area is 171 Å². The molecule has 164 valence electrons. The van der Waals surface area contributed by atoms with E-state index in [-0.39, 0.29) is 37.5 Å². The molecule has 0 aromatic heterocycles. The number of ether oxygens (including phenoxy) is 2. The highest BCUT2D eigenvalue weighted by Gasteiger charge is 2.54. The van der Waals surface area contributed by atoms with Crippen LogP contribution in [0.3, 0.4) is 0 Å². The van der Waals surface area contributed by atoms with Gasteiger partial charge in [0.25, 0.3) is 0 Å². The van der Waals surface area contributed by atoms with E-state index in [1.54, 1.807) is 18.2 Å². The number of methoxy groups -OCH3 is 1. The summed E-state index contributed by atoms with van der Waals surface area (Å²) in [6.45, 7) is 2.97. The first kappa shape index (κ1) is 23.2. The highest BCUT2D eigenvalue weighted by molar-refractivity contribution is 6.05. The van der Waals surface area contributed by atoms with Gasteiger partial charge in [-0.05, 0) is 42.2 Å². The van der Waals surface area contributed by atoms with E-state index in [0.717, 1.165) is 0 Å². The molecule has 1 unspecified atom stereocenters. The fourth-order valence-electron chi connectivity index (χ4n) is 3.33. The molecule has 1 aromatic rings. The molecular weight excluding hydrogens is 405 g/mol. The Morgan fingerprint density at radius 2 is 1.97 bits per heavy atom. The molecule has 2 rings (SSSR count). The van der Waals surface area contributed by atoms with Crippen LogP contribution in [-0.4, -0.2) is 49.8 Å². The van der Waals surface area contributed by atoms with Gasteiger partial charge in [0.05, 0.1) is 13.7 Å². The maximum atomic E-state index is 13.0. The summed E-state index contributed by atoms with van der Waals surface area (Å²) >= 11 is 0. The van der Waals surface area contributed by atoms with Gasteiger partial charge in [-0.15, -0.1) is 0 Å². The summed E-state index contributed by atoms with van der Waals surface area (Å²) in [5.74, 6) is -3.06. The highest BCUT2D eigenvalue weighted by atomic mass is 19.4. The van der Waals surface area contributed by atoms with Crippen molar-refractivity contribution in [2.45, 2.75) is 38.4 Å². The number of rotatable bonds is 7. The molecule has 0 bridgehead atoms. The molecule has 1 aliphatic rings. The number of halogens is 3. The number of carbonyl (C=O) groups excluding carboxylic acids is 3. The second kappa shape index (κ2) is 9.19. The summed E-state index contributed by atoms with van der Waals surface area (Å²) in [6.07, 6.45) is -3.66. The molecule has 0 heterocycles. The van der Waals surface area contributed by atoms with Crippen LogP contribution >= 0.6 is 0 Å². The van der Waals surface area contributed by atoms with E-state index in [2.05, 4.69) is 5.32 Å². The lowest BCUT2D eigenvalue weighted by Gasteiger charge is -2.30. The molecule has 0 saturated heterocycles. The quantitative estimate of drug-likeness (QED) is 0.513. The Hall–Kier alpha value is -3.04. The number of amides is 2. The minimum Gasteiger partial charge on any atom is -0.497 e. The van der Waals surface area contributed by atoms with Crippen molar-refractivity contribution in [1.82, 2.24) is 10.6 Å². The molecule has 1 aromatic carbocycles. The normalized spacial score (nSPS) is 19.2. The average molecular weight is 428 g/mol. The molecule has 0 fully saturated rings. The van der Waals surface area contributed by atoms with Crippen LogP contribution in [0.4, 0.5) is 13.2 Å². The van der Waals surface area contributed by atoms with E-state index in [9.17, 15) is 27.6 Å². The molecule has 2 amide bonds. The van der Waals surface area contributed by atoms with Crippen LogP contribution in [-0.2, 0) is 25.5 Å². The Kier molecular flexibility index (Phi) is 7.12. The van der Waals surface area contributed by atoms with Crippen molar-refractivity contribution in [3.63, 3.8) is 0 Å². The molecule has 1 atom stereocenters. The Balaban J connectivity index is 2.56. The molecular formula is C20H23F3N2O5. The Morgan fingerprint density at radius 3 is 2.53 bits per heavy atom. The van der Waals surface area contributed by atoms with Crippen molar-refractivity contribution < 1.29 is 37.0 Å². The molecule has 7 nitrogen and oxygen atoms in total. The minimum atomic E-state index is -5.19. The van der Waals surface area contributed by atoms with E-state index in [0.29, 0.717) is 16.9 Å². The van der Waals surface area contributed by atoms with Crippen molar-refractivity contribution in [2.75, 3.05) is 20.3 Å². The standard InChI is InChI=1S/C20H23F3N2O5/c1-4-30-18(28)19(25-17(27)20(21,22)23)11-13-10-14(29-3)7-8-15(13)16(19)6-5-9-24-12(2)26/h6-8,10H,4-5,9,11H2,1-3H3,(H,24,26)(H,25,27)/b16-6-. The maximum absolute atomic E-state index is 13.0. The highest BCUT2D eigenvalue weighted by Crippen LogP contribution is 2.43. The fraction of sp³-hybridized carbons (Fsp3) is 0.450. The summed E-state index contributed by atoms with van der Waals surface area (Å²) < 4.78 is 49.3. The van der Waals surface area contributed by atoms with E-state index in [1.165, 1.54) is 27.0 Å². The largest absolute Gasteiger partial charge is 0.497 e. The van der Waals surface area contributed by atoms with E-state index >= 15 is 0 Å². The molecule has 1 aliphatic carbocycles. The molecule has 0 spiro atoms. The van der Waals surface area contributed by atoms with Gasteiger partial charge in [0, 0.05) is 19.9 Å². The lowest BCUT2D eigenvalue weighted by atomic mass is 9.89. The van der Waals surface area contributed by atoms with E-state index < -0.39 is 23.6 Å². The van der Waals surface area contributed by atoms with Gasteiger partial charge in [-0.1, -0.05) is 12.1 Å². The lowest BCUT2D eigenvalue weighted by molar-refractivity contribution is -0.177. The third kappa shape index (κ3) is 4.92. The van der Waals surface area contributed by atoms with Crippen LogP contribution in [0.15, 0.2) is 24.3 Å². The van der Waals surface area contributed by atoms with Gasteiger partial charge in [-0.3, -0.25) is 9.59 Å². The third-order valence-electron chi connectivity index (χ3n) is 4.59. The summed E-state index contributed by atoms with van der Waals surface area (Å²) in [5.41, 5.74) is -0.848. The van der Waals surface area contributed by atoms with Gasteiger partial charge in [0.2, 0.25) is 5.91 Å². The molecule has 0 saturated carbocycles. The molecule has 0 radical (unpaired) electrons. The first-order chi connectivity index (χ1) is 14.0. The lowest BCUT2D eigenvalue weighted by Crippen LogP contribution is -2.58. The first-order valence-corrected chi connectivity index (χ1v) is 9.24. The summed E-state index contributed by atoms with van der Waals surface area (Å²) in [7, 11) is 1.44. The number of alkyl halides is 3. The zero-order chi connectivity index (χ0) is 22.5. The van der Waals surface area contributed by atoms with Crippen molar-refractivity contribution in [1.29, 1.82) is 0 Å². The summed E-state index contributed by atoms with van der Waals surface area (Å²) in [5, 5.41) is 4.44. The predicted octanol–water partition coefficient (Wildman–Crippen LogP) is 2.14. The van der Waals surface area contributed by atoms with Gasteiger partial charge in [-0.2, -0.15) is 13.2 Å². The number of carbonyl (C=O) groups is 3. The van der Waals surface area contributed by atoms with Gasteiger partial charge in [-0.25, -0.2) is 4.79 Å². The minimum absolute atomic E-state index is 0.0820. The smallest absolute Gasteiger partial charge is 0.471 e. The summed E-state index contributed by atoms with van der Waals surface area (Å²) in [6, 6.07) is 4.81. The Bertz CT molecular complexity index is 866. The predicted molar refractivity (Wildman–Crippen MR) is 102 cm³/mol. The monoisotopic (exact) mass is 428 g/mol. The van der Waals surface area contributed by atoms with Gasteiger partial charge < -0.3 is 20.1 Å². The second-order valence-electron chi connectivity index (χ2n) is 6.67. The SMILES string of the molecule is CCOC(=O)C1(NC(=O)C(F)(F)F)Cc2cc(OC)ccc2/C1=C/CCNC(C)=O. The number of esters is 1. The molecule has 10 heteroatoms. The van der Waals surface area contributed by atoms with E-state index in [1.807, 2.05) is 5.32 Å². The number of hydrogen-bond donors (Lipinski definition) is 2. The van der Waals surface area contributed by atoms with Crippen molar-refractivity contribution in [2.24, 2.45) is 0 Å². The van der Waals surface area contributed by atoms with Crippen molar-refractivity contribution in [3.05, 3.63) is 35.4 Å². The van der Waals surface area contributed by atoms with Crippen LogP contribution in [0, 0.1) is 0 Å². The Morgan fingerprint density at radius 1 is 1.27 bits per heavy atom. The van der Waals surface area contributed by atoms with Crippen LogP contribution in [0.1, 0.15) is 31.4 Å². The number of hydrogen-bond acceptors (Lipinski definition) is 5. The number of fused-ring (bicyclic) bond motifs is 1. The van der Waals surface area contributed by atoms with E-state index in [4.69, 9.17) is 9.47 Å². The van der Waals surface area contributed by atoms with Crippen LogP contribution < -0.4 is 15.4 Å². The zero-order valence-electron chi connectivity index (χ0n) is 16.8. The first-order valence-electron chi connectivity index (χ1n) is 9.24. The second-order valence-corrected chi connectivity index (χ2v) is 6.67. The number of benzene rings is 1. The van der Waals surface area contributed by atoms with Gasteiger partial charge in [0.15, 0.2) is 5.54 Å². The van der Waals surface area contributed by atoms with Crippen LogP contribution in [0.2, 0.25) is 0 Å². The van der Waals surface area contributed by atoms with Crippen LogP contribution in [0.5, 0.6) is 5.75 Å². The van der Waals surface area contributed by atoms with Gasteiger partial charge >= 0.3 is 18.1 Å². The third-order valence-corrected chi connectivity index (χ3v) is 4.59. The number of nitrogens with one attached hydrogen (secondary N) is 2. The summed E-state index contributed by atoms with van der Waals surface area (Å²) in [4.78, 5) is 35.8. The van der Waals surface area contributed by atoms with Crippen molar-refractivity contribution in [3.8, 4) is 5.75 Å². The zero-order valence-corrected chi connectivity index (χ0v) is 16.8. The fourth-order valence-corrected chi connectivity index (χ4v) is 3.33. The topological polar surface area (TPSA) is 93.7 Å². The maximum Gasteiger partial charge on any atom is 0.471 e. The molecule has 30 heavy (non-hydrogen) atoms. The van der Waals surface area contributed by atoms with Crippen molar-refractivity contribution >= 4 is 23.4 Å². The average Bonchev–Trinajstić information content (AvgIpc) is 2.97. The molecule has 2 N–H and O–H groups in total.